The number of carbonyl (C=O) groups is 1. The SMILES string of the molecule is Cc1ccc(S(=O)(=O)Cc2cc(C(N)=O)ccc2NS(=O)(=O)c2ccc(C)cc2)cc1. The van der Waals surface area contributed by atoms with Crippen LogP contribution in [0.25, 0.3) is 0 Å². The smallest absolute Gasteiger partial charge is 0.261 e. The molecule has 0 radical (unpaired) electrons. The first-order valence-electron chi connectivity index (χ1n) is 9.29. The lowest BCUT2D eigenvalue weighted by Crippen LogP contribution is -2.17. The van der Waals surface area contributed by atoms with Gasteiger partial charge in [-0.3, -0.25) is 9.52 Å². The highest BCUT2D eigenvalue weighted by atomic mass is 32.2. The van der Waals surface area contributed by atoms with Crippen molar-refractivity contribution in [3.05, 3.63) is 89.0 Å². The zero-order valence-electron chi connectivity index (χ0n) is 17.0. The largest absolute Gasteiger partial charge is 0.366 e. The topological polar surface area (TPSA) is 123 Å². The molecule has 0 aromatic heterocycles. The Bertz CT molecular complexity index is 1330. The number of anilines is 1. The number of hydrogen-bond donors (Lipinski definition) is 2. The van der Waals surface area contributed by atoms with Crippen LogP contribution in [-0.4, -0.2) is 22.7 Å². The standard InChI is InChI=1S/C22H22N2O5S2/c1-15-3-8-19(9-4-15)30(26,27)14-18-13-17(22(23)25)7-12-21(18)24-31(28,29)20-10-5-16(2)6-11-20/h3-13,24H,14H2,1-2H3,(H2,23,25). The first-order valence-corrected chi connectivity index (χ1v) is 12.4. The minimum absolute atomic E-state index is 0.0319. The fourth-order valence-corrected chi connectivity index (χ4v) is 5.39. The van der Waals surface area contributed by atoms with Gasteiger partial charge in [0.05, 0.1) is 21.2 Å². The maximum absolute atomic E-state index is 12.9. The van der Waals surface area contributed by atoms with Crippen LogP contribution in [-0.2, 0) is 25.6 Å². The van der Waals surface area contributed by atoms with Gasteiger partial charge in [-0.15, -0.1) is 0 Å². The normalized spacial score (nSPS) is 11.8. The number of nitrogens with two attached hydrogens (primary N) is 1. The number of hydrogen-bond acceptors (Lipinski definition) is 5. The Kier molecular flexibility index (Phi) is 6.19. The van der Waals surface area contributed by atoms with Gasteiger partial charge in [0, 0.05) is 5.56 Å². The summed E-state index contributed by atoms with van der Waals surface area (Å²) in [5.74, 6) is -1.26. The molecule has 0 saturated carbocycles. The van der Waals surface area contributed by atoms with Gasteiger partial charge in [-0.1, -0.05) is 35.4 Å². The molecule has 0 aliphatic heterocycles. The van der Waals surface area contributed by atoms with E-state index in [1.807, 2.05) is 13.8 Å². The molecule has 3 aromatic carbocycles. The molecule has 3 aromatic rings. The number of sulfone groups is 1. The fraction of sp³-hybridized carbons (Fsp3) is 0.136. The van der Waals surface area contributed by atoms with Gasteiger partial charge in [0.15, 0.2) is 9.84 Å². The van der Waals surface area contributed by atoms with Gasteiger partial charge < -0.3 is 5.73 Å². The minimum Gasteiger partial charge on any atom is -0.366 e. The fourth-order valence-electron chi connectivity index (χ4n) is 2.92. The van der Waals surface area contributed by atoms with Crippen LogP contribution in [0.4, 0.5) is 5.69 Å². The zero-order chi connectivity index (χ0) is 22.8. The van der Waals surface area contributed by atoms with Crippen molar-refractivity contribution in [2.24, 2.45) is 5.73 Å². The highest BCUT2D eigenvalue weighted by Crippen LogP contribution is 2.26. The molecule has 7 nitrogen and oxygen atoms in total. The quantitative estimate of drug-likeness (QED) is 0.563. The molecule has 0 spiro atoms. The van der Waals surface area contributed by atoms with Crippen molar-refractivity contribution in [1.82, 2.24) is 0 Å². The Balaban J connectivity index is 2.02. The molecule has 3 rings (SSSR count). The Labute approximate surface area is 181 Å². The van der Waals surface area contributed by atoms with Crippen molar-refractivity contribution in [1.29, 1.82) is 0 Å². The number of sulfonamides is 1. The summed E-state index contributed by atoms with van der Waals surface area (Å²) in [6.45, 7) is 3.67. The third kappa shape index (κ3) is 5.31. The maximum Gasteiger partial charge on any atom is 0.261 e. The number of amides is 1. The van der Waals surface area contributed by atoms with Crippen LogP contribution in [0.15, 0.2) is 76.5 Å². The molecule has 0 atom stereocenters. The van der Waals surface area contributed by atoms with Gasteiger partial charge in [-0.05, 0) is 61.9 Å². The number of nitrogens with one attached hydrogen (secondary N) is 1. The van der Waals surface area contributed by atoms with Crippen molar-refractivity contribution in [2.75, 3.05) is 4.72 Å². The molecular formula is C22H22N2O5S2. The molecule has 0 unspecified atom stereocenters. The molecule has 0 aliphatic rings. The number of carbonyl (C=O) groups excluding carboxylic acids is 1. The highest BCUT2D eigenvalue weighted by molar-refractivity contribution is 7.92. The van der Waals surface area contributed by atoms with E-state index in [1.54, 1.807) is 24.3 Å². The molecule has 0 bridgehead atoms. The monoisotopic (exact) mass is 458 g/mol. The van der Waals surface area contributed by atoms with Crippen LogP contribution in [0.3, 0.4) is 0 Å². The lowest BCUT2D eigenvalue weighted by molar-refractivity contribution is 0.1000. The van der Waals surface area contributed by atoms with Gasteiger partial charge >= 0.3 is 0 Å². The average molecular weight is 459 g/mol. The summed E-state index contributed by atoms with van der Waals surface area (Å²) in [6.07, 6.45) is 0. The second kappa shape index (κ2) is 8.52. The lowest BCUT2D eigenvalue weighted by atomic mass is 10.1. The van der Waals surface area contributed by atoms with E-state index < -0.39 is 31.5 Å². The second-order valence-corrected chi connectivity index (χ2v) is 10.9. The number of rotatable bonds is 7. The van der Waals surface area contributed by atoms with E-state index in [1.165, 1.54) is 42.5 Å². The van der Waals surface area contributed by atoms with Crippen LogP contribution in [0.2, 0.25) is 0 Å². The Morgan fingerprint density at radius 2 is 1.32 bits per heavy atom. The van der Waals surface area contributed by atoms with Crippen molar-refractivity contribution < 1.29 is 21.6 Å². The van der Waals surface area contributed by atoms with Gasteiger partial charge in [0.25, 0.3) is 10.0 Å². The molecule has 9 heteroatoms. The van der Waals surface area contributed by atoms with Crippen LogP contribution in [0.5, 0.6) is 0 Å². The van der Waals surface area contributed by atoms with Crippen molar-refractivity contribution in [2.45, 2.75) is 29.4 Å². The first kappa shape index (κ1) is 22.5. The maximum atomic E-state index is 12.9. The predicted octanol–water partition coefficient (Wildman–Crippen LogP) is 3.18. The second-order valence-electron chi connectivity index (χ2n) is 7.23. The molecule has 0 aliphatic carbocycles. The van der Waals surface area contributed by atoms with Crippen molar-refractivity contribution in [3.63, 3.8) is 0 Å². The summed E-state index contributed by atoms with van der Waals surface area (Å²) in [7, 11) is -7.78. The van der Waals surface area contributed by atoms with Crippen molar-refractivity contribution >= 4 is 31.5 Å². The number of aryl methyl sites for hydroxylation is 2. The summed E-state index contributed by atoms with van der Waals surface area (Å²) >= 11 is 0. The van der Waals surface area contributed by atoms with E-state index in [-0.39, 0.29) is 26.6 Å². The van der Waals surface area contributed by atoms with Crippen LogP contribution in [0, 0.1) is 13.8 Å². The van der Waals surface area contributed by atoms with Gasteiger partial charge in [0.2, 0.25) is 5.91 Å². The molecule has 162 valence electrons. The van der Waals surface area contributed by atoms with Gasteiger partial charge in [0.1, 0.15) is 0 Å². The third-order valence-electron chi connectivity index (χ3n) is 4.69. The Morgan fingerprint density at radius 1 is 0.806 bits per heavy atom. The Morgan fingerprint density at radius 3 is 1.84 bits per heavy atom. The van der Waals surface area contributed by atoms with Crippen LogP contribution in [0.1, 0.15) is 27.0 Å². The van der Waals surface area contributed by atoms with Gasteiger partial charge in [-0.2, -0.15) is 0 Å². The molecule has 31 heavy (non-hydrogen) atoms. The molecule has 0 fully saturated rings. The van der Waals surface area contributed by atoms with E-state index in [9.17, 15) is 21.6 Å². The molecule has 0 heterocycles. The molecule has 1 amide bonds. The van der Waals surface area contributed by atoms with E-state index in [0.29, 0.717) is 0 Å². The summed E-state index contributed by atoms with van der Waals surface area (Å²) < 4.78 is 53.9. The Hall–Kier alpha value is -3.17. The van der Waals surface area contributed by atoms with E-state index >= 15 is 0 Å². The van der Waals surface area contributed by atoms with Crippen LogP contribution >= 0.6 is 0 Å². The molecular weight excluding hydrogens is 436 g/mol. The van der Waals surface area contributed by atoms with E-state index in [0.717, 1.165) is 11.1 Å². The van der Waals surface area contributed by atoms with Crippen molar-refractivity contribution in [3.8, 4) is 0 Å². The molecule has 0 saturated heterocycles. The van der Waals surface area contributed by atoms with Crippen LogP contribution < -0.4 is 10.5 Å². The molecule has 3 N–H and O–H groups in total. The summed E-state index contributed by atoms with van der Waals surface area (Å²) in [5, 5.41) is 0. The first-order chi connectivity index (χ1) is 14.5. The predicted molar refractivity (Wildman–Crippen MR) is 119 cm³/mol. The third-order valence-corrected chi connectivity index (χ3v) is 7.75. The number of primary amides is 1. The number of benzene rings is 3. The summed E-state index contributed by atoms with van der Waals surface area (Å²) in [6, 6.07) is 16.5. The van der Waals surface area contributed by atoms with E-state index in [4.69, 9.17) is 5.73 Å². The minimum atomic E-state index is -3.97. The average Bonchev–Trinajstić information content (AvgIpc) is 2.69. The summed E-state index contributed by atoms with van der Waals surface area (Å²) in [5.41, 5.74) is 7.38. The van der Waals surface area contributed by atoms with E-state index in [2.05, 4.69) is 4.72 Å². The lowest BCUT2D eigenvalue weighted by Gasteiger charge is -2.14. The highest BCUT2D eigenvalue weighted by Gasteiger charge is 2.22. The summed E-state index contributed by atoms with van der Waals surface area (Å²) in [4.78, 5) is 11.7. The van der Waals surface area contributed by atoms with Gasteiger partial charge in [-0.25, -0.2) is 16.8 Å². The zero-order valence-corrected chi connectivity index (χ0v) is 18.6.